The number of aromatic carboxylic acids is 2. The zero-order chi connectivity index (χ0) is 18.3. The van der Waals surface area contributed by atoms with Gasteiger partial charge in [0.15, 0.2) is 0 Å². The molecule has 4 aromatic rings. The van der Waals surface area contributed by atoms with E-state index in [0.29, 0.717) is 21.8 Å². The monoisotopic (exact) mass is 474 g/mol. The molecule has 2 heterocycles. The molecule has 0 atom stereocenters. The maximum atomic E-state index is 11.5. The molecule has 150 valence electrons. The van der Waals surface area contributed by atoms with Crippen LogP contribution in [0.4, 0.5) is 0 Å². The number of fused-ring (bicyclic) bond motifs is 2. The third kappa shape index (κ3) is 6.68. The van der Waals surface area contributed by atoms with E-state index in [0.717, 1.165) is 0 Å². The van der Waals surface area contributed by atoms with Crippen LogP contribution in [0.5, 0.6) is 0 Å². The molecule has 6 N–H and O–H groups in total. The van der Waals surface area contributed by atoms with Gasteiger partial charge in [0.1, 0.15) is 0 Å². The Balaban J connectivity index is 0. The van der Waals surface area contributed by atoms with Crippen molar-refractivity contribution in [2.24, 2.45) is 0 Å². The first-order valence-corrected chi connectivity index (χ1v) is 7.77. The van der Waals surface area contributed by atoms with Gasteiger partial charge < -0.3 is 36.2 Å². The second kappa shape index (κ2) is 13.8. The number of rotatable bonds is 3. The van der Waals surface area contributed by atoms with Crippen LogP contribution >= 0.6 is 0 Å². The fourth-order valence-electron chi connectivity index (χ4n) is 2.95. The Labute approximate surface area is 261 Å². The van der Waals surface area contributed by atoms with Crippen molar-refractivity contribution in [1.29, 1.82) is 0 Å². The zero-order valence-corrected chi connectivity index (χ0v) is 23.0. The van der Waals surface area contributed by atoms with Crippen LogP contribution in [0.2, 0.25) is 0 Å². The van der Waals surface area contributed by atoms with Crippen molar-refractivity contribution < 1.29 is 139 Å². The second-order valence-corrected chi connectivity index (χ2v) is 5.72. The molecule has 0 unspecified atom stereocenters. The van der Waals surface area contributed by atoms with Crippen LogP contribution in [-0.2, 0) is 0 Å². The molecule has 0 amide bonds. The van der Waals surface area contributed by atoms with E-state index in [2.05, 4.69) is 9.97 Å². The summed E-state index contributed by atoms with van der Waals surface area (Å²) in [7, 11) is 0. The number of hydrogen-bond donors (Lipinski definition) is 0. The topological polar surface area (TPSA) is 201 Å². The number of para-hydroxylation sites is 2. The zero-order valence-electron chi connectivity index (χ0n) is 16.8. The van der Waals surface area contributed by atoms with Crippen molar-refractivity contribution in [2.75, 3.05) is 0 Å². The minimum Gasteiger partial charge on any atom is -0.545 e. The number of carboxylic acid groups (broad SMARTS) is 2. The van der Waals surface area contributed by atoms with E-state index in [1.807, 2.05) is 0 Å². The van der Waals surface area contributed by atoms with E-state index in [4.69, 9.17) is 0 Å². The molecule has 0 aliphatic rings. The summed E-state index contributed by atoms with van der Waals surface area (Å²) in [5, 5.41) is 23.9. The number of pyridine rings is 2. The predicted molar refractivity (Wildman–Crippen MR) is 102 cm³/mol. The molecule has 0 fully saturated rings. The van der Waals surface area contributed by atoms with Crippen LogP contribution in [0, 0.1) is 0 Å². The summed E-state index contributed by atoms with van der Waals surface area (Å²) >= 11 is 0. The van der Waals surface area contributed by atoms with Gasteiger partial charge in [0, 0.05) is 21.9 Å². The van der Waals surface area contributed by atoms with Gasteiger partial charge in [-0.1, -0.05) is 36.4 Å². The molecule has 2 aromatic carbocycles. The number of benzene rings is 2. The normalized spacial score (nSPS) is 9.16. The fourth-order valence-corrected chi connectivity index (χ4v) is 2.95. The van der Waals surface area contributed by atoms with Gasteiger partial charge in [-0.3, -0.25) is 0 Å². The number of aromatic nitrogens is 2. The van der Waals surface area contributed by atoms with Crippen molar-refractivity contribution in [3.8, 4) is 11.4 Å². The molecular weight excluding hydrogens is 458 g/mol. The van der Waals surface area contributed by atoms with Gasteiger partial charge in [0.25, 0.3) is 0 Å². The van der Waals surface area contributed by atoms with Crippen LogP contribution in [0.3, 0.4) is 0 Å². The molecule has 4 rings (SSSR count). The Hall–Kier alpha value is -0.647. The molecule has 0 saturated heterocycles. The number of carbonyl (C=O) groups excluding carboxylic acids is 2. The van der Waals surface area contributed by atoms with Crippen molar-refractivity contribution in [1.82, 2.24) is 9.97 Å². The molecule has 0 bridgehead atoms. The van der Waals surface area contributed by atoms with E-state index < -0.39 is 11.9 Å². The van der Waals surface area contributed by atoms with Crippen LogP contribution in [0.15, 0.2) is 60.7 Å². The average molecular weight is 475 g/mol. The summed E-state index contributed by atoms with van der Waals surface area (Å²) in [6.07, 6.45) is 0. The summed E-state index contributed by atoms with van der Waals surface area (Å²) in [5.41, 5.74) is 1.33. The standard InChI is InChI=1S/C20H12N2O4.2K.3H2O/c23-19(24)13-9-17(21-15-7-3-1-5-11(13)15)18-10-14(20(25)26)12-6-2-4-8-16(12)22-18;;;;;/h1-10H,(H,23,24)(H,25,26);;;3*1H2/q;2*+1;;;/p-2. The predicted octanol–water partition coefficient (Wildman–Crippen LogP) is -7.29. The van der Waals surface area contributed by atoms with Gasteiger partial charge in [0.2, 0.25) is 0 Å². The summed E-state index contributed by atoms with van der Waals surface area (Å²) in [5.74, 6) is -2.68. The molecule has 0 radical (unpaired) electrons. The van der Waals surface area contributed by atoms with Gasteiger partial charge in [0.05, 0.1) is 34.4 Å². The van der Waals surface area contributed by atoms with Crippen molar-refractivity contribution >= 4 is 33.7 Å². The number of carboxylic acids is 2. The van der Waals surface area contributed by atoms with E-state index in [1.54, 1.807) is 48.5 Å². The largest absolute Gasteiger partial charge is 1.00 e. The summed E-state index contributed by atoms with van der Waals surface area (Å²) < 4.78 is 0. The minimum atomic E-state index is -1.34. The van der Waals surface area contributed by atoms with Crippen LogP contribution in [0.1, 0.15) is 20.7 Å². The van der Waals surface area contributed by atoms with Gasteiger partial charge in [-0.2, -0.15) is 0 Å². The Bertz CT molecular complexity index is 1120. The molecule has 31 heavy (non-hydrogen) atoms. The molecule has 9 nitrogen and oxygen atoms in total. The smallest absolute Gasteiger partial charge is 0.545 e. The number of carbonyl (C=O) groups is 2. The molecule has 2 aromatic heterocycles. The SMILES string of the molecule is O.O.O.O=C([O-])c1cc(-c2cc(C(=O)[O-])c3ccccc3n2)nc2ccccc12.[K+].[K+]. The van der Waals surface area contributed by atoms with Crippen molar-refractivity contribution in [3.05, 3.63) is 71.8 Å². The average Bonchev–Trinajstić information content (AvgIpc) is 2.66. The third-order valence-electron chi connectivity index (χ3n) is 4.13. The minimum absolute atomic E-state index is 0. The van der Waals surface area contributed by atoms with Crippen molar-refractivity contribution in [2.45, 2.75) is 0 Å². The second-order valence-electron chi connectivity index (χ2n) is 5.72. The molecule has 0 saturated carbocycles. The van der Waals surface area contributed by atoms with Crippen molar-refractivity contribution in [3.63, 3.8) is 0 Å². The maximum absolute atomic E-state index is 11.5. The molecule has 0 aliphatic carbocycles. The fraction of sp³-hybridized carbons (Fsp3) is 0. The Morgan fingerprint density at radius 2 is 0.935 bits per heavy atom. The van der Waals surface area contributed by atoms with Gasteiger partial charge in [-0.05, 0) is 24.3 Å². The molecule has 0 aliphatic heterocycles. The quantitative estimate of drug-likeness (QED) is 0.264. The van der Waals surface area contributed by atoms with Crippen LogP contribution in [-0.4, -0.2) is 38.3 Å². The van der Waals surface area contributed by atoms with E-state index in [-0.39, 0.29) is 142 Å². The summed E-state index contributed by atoms with van der Waals surface area (Å²) in [6, 6.07) is 16.2. The Kier molecular flexibility index (Phi) is 14.5. The van der Waals surface area contributed by atoms with E-state index in [9.17, 15) is 19.8 Å². The first kappa shape index (κ1) is 32.5. The first-order chi connectivity index (χ1) is 12.5. The molecular formula is C20H16K2N2O7. The summed E-state index contributed by atoms with van der Waals surface area (Å²) in [6.45, 7) is 0. The molecule has 0 spiro atoms. The van der Waals surface area contributed by atoms with E-state index in [1.165, 1.54) is 12.1 Å². The third-order valence-corrected chi connectivity index (χ3v) is 4.13. The Morgan fingerprint density at radius 3 is 1.26 bits per heavy atom. The maximum Gasteiger partial charge on any atom is 1.00 e. The van der Waals surface area contributed by atoms with Gasteiger partial charge in [-0.15, -0.1) is 0 Å². The Morgan fingerprint density at radius 1 is 0.613 bits per heavy atom. The molecule has 11 heteroatoms. The van der Waals surface area contributed by atoms with Gasteiger partial charge in [-0.25, -0.2) is 9.97 Å². The van der Waals surface area contributed by atoms with Crippen LogP contribution < -0.4 is 113 Å². The van der Waals surface area contributed by atoms with E-state index >= 15 is 0 Å². The van der Waals surface area contributed by atoms with Gasteiger partial charge >= 0.3 is 103 Å². The number of nitrogens with zero attached hydrogens (tertiary/aromatic N) is 2. The van der Waals surface area contributed by atoms with Crippen LogP contribution in [0.25, 0.3) is 33.2 Å². The first-order valence-electron chi connectivity index (χ1n) is 7.77. The summed E-state index contributed by atoms with van der Waals surface area (Å²) in [4.78, 5) is 31.9. The number of hydrogen-bond acceptors (Lipinski definition) is 6.